The third kappa shape index (κ3) is 3.17. The molecule has 0 radical (unpaired) electrons. The zero-order valence-electron chi connectivity index (χ0n) is 15.2. The van der Waals surface area contributed by atoms with E-state index in [9.17, 15) is 19.8 Å². The van der Waals surface area contributed by atoms with Crippen LogP contribution in [0.25, 0.3) is 0 Å². The van der Waals surface area contributed by atoms with Gasteiger partial charge in [0.25, 0.3) is 0 Å². The molecule has 0 bridgehead atoms. The molecule has 2 rings (SSSR count). The molecule has 0 amide bonds. The van der Waals surface area contributed by atoms with Gasteiger partial charge in [-0.3, -0.25) is 0 Å². The van der Waals surface area contributed by atoms with Crippen molar-refractivity contribution in [2.24, 2.45) is 0 Å². The number of carboxylic acid groups (broad SMARTS) is 2. The number of benzene rings is 1. The molecule has 140 valence electrons. The Morgan fingerprint density at radius 1 is 0.885 bits per heavy atom. The highest BCUT2D eigenvalue weighted by Crippen LogP contribution is 2.45. The zero-order chi connectivity index (χ0) is 19.6. The van der Waals surface area contributed by atoms with Gasteiger partial charge in [-0.25, -0.2) is 9.59 Å². The van der Waals surface area contributed by atoms with Crippen molar-refractivity contribution >= 4 is 11.9 Å². The molecule has 0 saturated heterocycles. The summed E-state index contributed by atoms with van der Waals surface area (Å²) in [5.74, 6) is -2.46. The Morgan fingerprint density at radius 2 is 1.31 bits per heavy atom. The highest BCUT2D eigenvalue weighted by Gasteiger charge is 2.37. The van der Waals surface area contributed by atoms with E-state index in [0.717, 1.165) is 0 Å². The number of allylic oxidation sites excluding steroid dienone is 2. The number of ether oxygens (including phenoxy) is 3. The van der Waals surface area contributed by atoms with Gasteiger partial charge in [-0.15, -0.1) is 0 Å². The standard InChI is InChI=1S/C18H21NO7/c1-8-13(17(20)21)15(14(18(22)23)9(2)19-8)10-6-11(24-3)16(26-5)12(7-10)25-4/h6-7,15,19H,1-5H3,(H,20,21)(H,22,23). The van der Waals surface area contributed by atoms with Crippen LogP contribution >= 0.6 is 0 Å². The van der Waals surface area contributed by atoms with E-state index in [-0.39, 0.29) is 11.1 Å². The third-order valence-corrected chi connectivity index (χ3v) is 4.24. The number of rotatable bonds is 6. The molecule has 3 N–H and O–H groups in total. The second kappa shape index (κ2) is 7.38. The van der Waals surface area contributed by atoms with Crippen LogP contribution in [0.3, 0.4) is 0 Å². The van der Waals surface area contributed by atoms with Gasteiger partial charge < -0.3 is 29.7 Å². The van der Waals surface area contributed by atoms with Crippen LogP contribution in [0.1, 0.15) is 25.3 Å². The molecule has 0 aromatic heterocycles. The minimum atomic E-state index is -1.21. The van der Waals surface area contributed by atoms with Crippen LogP contribution in [0.5, 0.6) is 17.2 Å². The normalized spacial score (nSPS) is 14.8. The zero-order valence-corrected chi connectivity index (χ0v) is 15.2. The number of dihydropyridines is 1. The first-order valence-electron chi connectivity index (χ1n) is 7.71. The van der Waals surface area contributed by atoms with Gasteiger partial charge in [0.1, 0.15) is 0 Å². The maximum atomic E-state index is 11.9. The molecule has 0 spiro atoms. The fourth-order valence-corrected chi connectivity index (χ4v) is 3.16. The van der Waals surface area contributed by atoms with E-state index in [1.165, 1.54) is 21.3 Å². The van der Waals surface area contributed by atoms with Gasteiger partial charge >= 0.3 is 11.9 Å². The Balaban J connectivity index is 2.81. The molecule has 26 heavy (non-hydrogen) atoms. The first-order chi connectivity index (χ1) is 12.3. The van der Waals surface area contributed by atoms with Crippen LogP contribution in [-0.2, 0) is 9.59 Å². The van der Waals surface area contributed by atoms with Crippen molar-refractivity contribution in [2.75, 3.05) is 21.3 Å². The van der Waals surface area contributed by atoms with Crippen molar-refractivity contribution in [2.45, 2.75) is 19.8 Å². The van der Waals surface area contributed by atoms with Crippen molar-refractivity contribution in [3.05, 3.63) is 40.2 Å². The van der Waals surface area contributed by atoms with Gasteiger partial charge in [-0.05, 0) is 31.5 Å². The minimum absolute atomic E-state index is 0.0535. The lowest BCUT2D eigenvalue weighted by molar-refractivity contribution is -0.133. The van der Waals surface area contributed by atoms with E-state index in [4.69, 9.17) is 14.2 Å². The van der Waals surface area contributed by atoms with Crippen molar-refractivity contribution in [1.29, 1.82) is 0 Å². The van der Waals surface area contributed by atoms with E-state index in [1.807, 2.05) is 0 Å². The van der Waals surface area contributed by atoms with Crippen LogP contribution in [0.15, 0.2) is 34.7 Å². The van der Waals surface area contributed by atoms with Crippen molar-refractivity contribution in [3.8, 4) is 17.2 Å². The molecule has 0 aliphatic carbocycles. The summed E-state index contributed by atoms with van der Waals surface area (Å²) >= 11 is 0. The number of carboxylic acids is 2. The van der Waals surface area contributed by atoms with Crippen molar-refractivity contribution < 1.29 is 34.0 Å². The molecule has 8 heteroatoms. The lowest BCUT2D eigenvalue weighted by atomic mass is 9.80. The Labute approximate surface area is 150 Å². The average molecular weight is 363 g/mol. The average Bonchev–Trinajstić information content (AvgIpc) is 2.58. The number of nitrogens with one attached hydrogen (secondary N) is 1. The minimum Gasteiger partial charge on any atom is -0.493 e. The van der Waals surface area contributed by atoms with Crippen LogP contribution in [-0.4, -0.2) is 43.5 Å². The van der Waals surface area contributed by atoms with Gasteiger partial charge in [0.15, 0.2) is 11.5 Å². The summed E-state index contributed by atoms with van der Waals surface area (Å²) < 4.78 is 15.9. The largest absolute Gasteiger partial charge is 0.493 e. The molecule has 0 saturated carbocycles. The number of methoxy groups -OCH3 is 3. The quantitative estimate of drug-likeness (QED) is 0.704. The summed E-state index contributed by atoms with van der Waals surface area (Å²) in [6.45, 7) is 3.19. The van der Waals surface area contributed by atoms with Crippen LogP contribution in [0, 0.1) is 0 Å². The van der Waals surface area contributed by atoms with Crippen LogP contribution in [0.4, 0.5) is 0 Å². The van der Waals surface area contributed by atoms with E-state index in [0.29, 0.717) is 34.2 Å². The topological polar surface area (TPSA) is 114 Å². The number of aliphatic carboxylic acids is 2. The molecule has 1 aliphatic rings. The smallest absolute Gasteiger partial charge is 0.334 e. The van der Waals surface area contributed by atoms with E-state index in [2.05, 4.69) is 5.32 Å². The van der Waals surface area contributed by atoms with Gasteiger partial charge in [-0.2, -0.15) is 0 Å². The van der Waals surface area contributed by atoms with Gasteiger partial charge in [0, 0.05) is 11.4 Å². The predicted octanol–water partition coefficient (Wildman–Crippen LogP) is 2.12. The maximum Gasteiger partial charge on any atom is 0.334 e. The van der Waals surface area contributed by atoms with E-state index >= 15 is 0 Å². The molecule has 0 atom stereocenters. The molecule has 0 unspecified atom stereocenters. The second-order valence-corrected chi connectivity index (χ2v) is 5.70. The maximum absolute atomic E-state index is 11.9. The summed E-state index contributed by atoms with van der Waals surface area (Å²) in [5, 5.41) is 22.2. The monoisotopic (exact) mass is 363 g/mol. The number of hydrogen-bond acceptors (Lipinski definition) is 6. The molecular weight excluding hydrogens is 342 g/mol. The van der Waals surface area contributed by atoms with Gasteiger partial charge in [0.05, 0.1) is 38.4 Å². The summed E-state index contributed by atoms with van der Waals surface area (Å²) in [5.41, 5.74) is 1.05. The van der Waals surface area contributed by atoms with Crippen LogP contribution < -0.4 is 19.5 Å². The van der Waals surface area contributed by atoms with Gasteiger partial charge in [0.2, 0.25) is 5.75 Å². The summed E-state index contributed by atoms with van der Waals surface area (Å²) in [7, 11) is 4.31. The highest BCUT2D eigenvalue weighted by atomic mass is 16.5. The Kier molecular flexibility index (Phi) is 5.44. The molecule has 1 aliphatic heterocycles. The second-order valence-electron chi connectivity index (χ2n) is 5.70. The molecule has 1 aromatic carbocycles. The first-order valence-corrected chi connectivity index (χ1v) is 7.71. The predicted molar refractivity (Wildman–Crippen MR) is 92.6 cm³/mol. The Bertz CT molecular complexity index is 762. The third-order valence-electron chi connectivity index (χ3n) is 4.24. The number of hydrogen-bond donors (Lipinski definition) is 3. The SMILES string of the molecule is COc1cc(C2C(C(=O)O)=C(C)NC(C)=C2C(=O)O)cc(OC)c1OC. The fourth-order valence-electron chi connectivity index (χ4n) is 3.16. The van der Waals surface area contributed by atoms with Crippen LogP contribution in [0.2, 0.25) is 0 Å². The molecule has 1 heterocycles. The molecular formula is C18H21NO7. The lowest BCUT2D eigenvalue weighted by Crippen LogP contribution is -2.31. The number of carbonyl (C=O) groups is 2. The summed E-state index contributed by atoms with van der Waals surface area (Å²) in [6, 6.07) is 3.12. The van der Waals surface area contributed by atoms with E-state index < -0.39 is 17.9 Å². The fraction of sp³-hybridized carbons (Fsp3) is 0.333. The molecule has 0 fully saturated rings. The first kappa shape index (κ1) is 19.2. The Hall–Kier alpha value is -3.16. The summed E-state index contributed by atoms with van der Waals surface area (Å²) in [4.78, 5) is 23.7. The highest BCUT2D eigenvalue weighted by molar-refractivity contribution is 5.98. The van der Waals surface area contributed by atoms with Crippen molar-refractivity contribution in [1.82, 2.24) is 5.32 Å². The van der Waals surface area contributed by atoms with Gasteiger partial charge in [-0.1, -0.05) is 0 Å². The van der Waals surface area contributed by atoms with E-state index in [1.54, 1.807) is 26.0 Å². The van der Waals surface area contributed by atoms with Crippen molar-refractivity contribution in [3.63, 3.8) is 0 Å². The lowest BCUT2D eigenvalue weighted by Gasteiger charge is -2.29. The molecule has 8 nitrogen and oxygen atoms in total. The summed E-state index contributed by atoms with van der Waals surface area (Å²) in [6.07, 6.45) is 0. The molecule has 1 aromatic rings. The Morgan fingerprint density at radius 3 is 1.62 bits per heavy atom.